The second kappa shape index (κ2) is 8.69. The summed E-state index contributed by atoms with van der Waals surface area (Å²) in [7, 11) is 0. The van der Waals surface area contributed by atoms with Gasteiger partial charge in [0.05, 0.1) is 33.1 Å². The van der Waals surface area contributed by atoms with Gasteiger partial charge in [0.2, 0.25) is 0 Å². The van der Waals surface area contributed by atoms with Crippen LogP contribution in [0.1, 0.15) is 5.69 Å². The van der Waals surface area contributed by atoms with Crippen LogP contribution in [0.5, 0.6) is 0 Å². The predicted octanol–water partition coefficient (Wildman–Crippen LogP) is 9.76. The second-order valence-corrected chi connectivity index (χ2v) is 11.0. The molecule has 9 rings (SSSR count). The summed E-state index contributed by atoms with van der Waals surface area (Å²) in [6, 6.07) is 47.6. The van der Waals surface area contributed by atoms with Crippen LogP contribution in [0, 0.1) is 6.92 Å². The zero-order valence-electron chi connectivity index (χ0n) is 23.0. The molecule has 198 valence electrons. The number of aryl methyl sites for hydroxylation is 1. The van der Waals surface area contributed by atoms with Gasteiger partial charge in [-0.1, -0.05) is 78.9 Å². The van der Waals surface area contributed by atoms with Crippen LogP contribution in [0.2, 0.25) is 0 Å². The smallest absolute Gasteiger partial charge is 0.0882 e. The van der Waals surface area contributed by atoms with Crippen LogP contribution in [0.15, 0.2) is 133 Å². The monoisotopic (exact) mass is 538 g/mol. The average molecular weight is 539 g/mol. The van der Waals surface area contributed by atoms with Crippen molar-refractivity contribution in [3.05, 3.63) is 139 Å². The normalized spacial score (nSPS) is 11.9. The van der Waals surface area contributed by atoms with E-state index in [1.165, 1.54) is 43.7 Å². The maximum absolute atomic E-state index is 5.12. The maximum Gasteiger partial charge on any atom is 0.0882 e. The van der Waals surface area contributed by atoms with E-state index in [-0.39, 0.29) is 0 Å². The van der Waals surface area contributed by atoms with Crippen LogP contribution in [0.4, 0.5) is 0 Å². The van der Waals surface area contributed by atoms with Gasteiger partial charge in [-0.05, 0) is 72.6 Å². The molecule has 0 aliphatic carbocycles. The van der Waals surface area contributed by atoms with Gasteiger partial charge in [-0.15, -0.1) is 0 Å². The number of hydrogen-bond donors (Lipinski definition) is 1. The number of nitrogens with zero attached hydrogens (tertiary/aromatic N) is 3. The maximum atomic E-state index is 5.12. The molecule has 6 aromatic carbocycles. The van der Waals surface area contributed by atoms with Crippen LogP contribution < -0.4 is 0 Å². The Bertz CT molecular complexity index is 2510. The van der Waals surface area contributed by atoms with Gasteiger partial charge in [-0.3, -0.25) is 14.6 Å². The Morgan fingerprint density at radius 3 is 2.07 bits per heavy atom. The molecular formula is C38H26N4. The van der Waals surface area contributed by atoms with Crippen molar-refractivity contribution in [2.45, 2.75) is 6.92 Å². The number of fused-ring (bicyclic) bond motifs is 8. The van der Waals surface area contributed by atoms with E-state index in [0.717, 1.165) is 38.8 Å². The van der Waals surface area contributed by atoms with Gasteiger partial charge < -0.3 is 4.57 Å². The van der Waals surface area contributed by atoms with E-state index >= 15 is 0 Å². The van der Waals surface area contributed by atoms with E-state index in [0.29, 0.717) is 0 Å². The van der Waals surface area contributed by atoms with Gasteiger partial charge in [0.25, 0.3) is 0 Å². The third-order valence-corrected chi connectivity index (χ3v) is 8.60. The summed E-state index contributed by atoms with van der Waals surface area (Å²) in [6.07, 6.45) is 0. The molecule has 0 saturated heterocycles. The predicted molar refractivity (Wildman–Crippen MR) is 175 cm³/mol. The highest BCUT2D eigenvalue weighted by molar-refractivity contribution is 6.30. The lowest BCUT2D eigenvalue weighted by Crippen LogP contribution is -1.95. The van der Waals surface area contributed by atoms with Crippen molar-refractivity contribution in [3.8, 4) is 16.8 Å². The van der Waals surface area contributed by atoms with E-state index in [1.54, 1.807) is 0 Å². The molecule has 4 nitrogen and oxygen atoms in total. The molecule has 3 aromatic heterocycles. The van der Waals surface area contributed by atoms with E-state index in [4.69, 9.17) is 4.98 Å². The highest BCUT2D eigenvalue weighted by atomic mass is 15.2. The molecule has 1 N–H and O–H groups in total. The Labute approximate surface area is 241 Å². The van der Waals surface area contributed by atoms with Crippen LogP contribution in [0.3, 0.4) is 0 Å². The molecule has 0 radical (unpaired) electrons. The summed E-state index contributed by atoms with van der Waals surface area (Å²) < 4.78 is 4.67. The summed E-state index contributed by atoms with van der Waals surface area (Å²) >= 11 is 0. The van der Waals surface area contributed by atoms with Crippen LogP contribution >= 0.6 is 0 Å². The minimum Gasteiger partial charge on any atom is -0.309 e. The Kier molecular flexibility index (Phi) is 4.79. The van der Waals surface area contributed by atoms with Crippen molar-refractivity contribution in [1.29, 1.82) is 0 Å². The van der Waals surface area contributed by atoms with Crippen molar-refractivity contribution < 1.29 is 0 Å². The van der Waals surface area contributed by atoms with Gasteiger partial charge in [0, 0.05) is 38.3 Å². The highest BCUT2D eigenvalue weighted by Crippen LogP contribution is 2.43. The lowest BCUT2D eigenvalue weighted by atomic mass is 9.98. The lowest BCUT2D eigenvalue weighted by molar-refractivity contribution is 1.02. The minimum atomic E-state index is 0.933. The van der Waals surface area contributed by atoms with E-state index in [2.05, 4.69) is 148 Å². The lowest BCUT2D eigenvalue weighted by Gasteiger charge is -2.08. The third-order valence-electron chi connectivity index (χ3n) is 8.60. The van der Waals surface area contributed by atoms with E-state index < -0.39 is 0 Å². The van der Waals surface area contributed by atoms with E-state index in [1.807, 2.05) is 6.07 Å². The standard InChI is InChI=1S/C38H26N4/c1-24-29-22-26(25-12-4-2-5-13-25)23-30-37-35(42(38(29)30)40-32-18-10-9-17-31(32)39-24)21-20-34-36(37)28-16-8-11-19-33(28)41(34)27-14-6-3-7-15-27/h2-23,40H,1H3. The first-order chi connectivity index (χ1) is 20.8. The first-order valence-electron chi connectivity index (χ1n) is 14.3. The molecule has 0 fully saturated rings. The zero-order chi connectivity index (χ0) is 27.8. The van der Waals surface area contributed by atoms with E-state index in [9.17, 15) is 0 Å². The van der Waals surface area contributed by atoms with Crippen LogP contribution in [-0.4, -0.2) is 19.2 Å². The first-order valence-corrected chi connectivity index (χ1v) is 14.3. The molecule has 4 heteroatoms. The molecular weight excluding hydrogens is 512 g/mol. The topological polar surface area (TPSA) is 38.0 Å². The molecule has 0 bridgehead atoms. The first kappa shape index (κ1) is 23.1. The molecule has 42 heavy (non-hydrogen) atoms. The summed E-state index contributed by atoms with van der Waals surface area (Å²) in [5.41, 5.74) is 11.1. The van der Waals surface area contributed by atoms with Crippen molar-refractivity contribution in [2.24, 2.45) is 0 Å². The van der Waals surface area contributed by atoms with Crippen LogP contribution in [-0.2, 0) is 0 Å². The fourth-order valence-corrected chi connectivity index (χ4v) is 6.77. The Hall–Kier alpha value is -5.61. The number of aromatic nitrogens is 4. The molecule has 0 spiro atoms. The van der Waals surface area contributed by atoms with Crippen molar-refractivity contribution in [1.82, 2.24) is 19.2 Å². The van der Waals surface area contributed by atoms with Gasteiger partial charge in [-0.25, -0.2) is 0 Å². The van der Waals surface area contributed by atoms with Crippen molar-refractivity contribution >= 4 is 60.0 Å². The largest absolute Gasteiger partial charge is 0.309 e. The second-order valence-electron chi connectivity index (χ2n) is 11.0. The number of nitrogens with one attached hydrogen (secondary N) is 1. The molecule has 0 atom stereocenters. The Morgan fingerprint density at radius 2 is 1.21 bits per heavy atom. The number of hydrogen-bond acceptors (Lipinski definition) is 1. The number of benzene rings is 6. The fraction of sp³-hybridized carbons (Fsp3) is 0.0263. The zero-order valence-corrected chi connectivity index (χ0v) is 23.0. The SMILES string of the molecule is Cc1nc2ccccc2[nH]n2c3ccc4c(c5ccccc5n4-c4ccccc4)c3c3cc(-c4ccccc4)cc1c32. The summed E-state index contributed by atoms with van der Waals surface area (Å²) in [5, 5.41) is 9.85. The molecule has 0 unspecified atom stereocenters. The Balaban J connectivity index is 1.58. The molecule has 0 aliphatic rings. The number of para-hydroxylation sites is 4. The fourth-order valence-electron chi connectivity index (χ4n) is 6.77. The van der Waals surface area contributed by atoms with Crippen molar-refractivity contribution in [2.75, 3.05) is 0 Å². The Morgan fingerprint density at radius 1 is 0.548 bits per heavy atom. The number of H-pyrrole nitrogens is 1. The van der Waals surface area contributed by atoms with Crippen molar-refractivity contribution in [3.63, 3.8) is 0 Å². The summed E-state index contributed by atoms with van der Waals surface area (Å²) in [4.78, 5) is 5.12. The van der Waals surface area contributed by atoms with Gasteiger partial charge in [0.1, 0.15) is 0 Å². The van der Waals surface area contributed by atoms with Gasteiger partial charge >= 0.3 is 0 Å². The summed E-state index contributed by atoms with van der Waals surface area (Å²) in [6.45, 7) is 2.13. The molecule has 0 amide bonds. The average Bonchev–Trinajstić information content (AvgIpc) is 3.54. The molecule has 3 heterocycles. The van der Waals surface area contributed by atoms with Crippen LogP contribution in [0.25, 0.3) is 76.8 Å². The third kappa shape index (κ3) is 3.20. The number of aromatic amines is 1. The molecule has 9 aromatic rings. The quantitative estimate of drug-likeness (QED) is 0.234. The van der Waals surface area contributed by atoms with Gasteiger partial charge in [-0.2, -0.15) is 0 Å². The number of rotatable bonds is 2. The molecule has 0 aliphatic heterocycles. The summed E-state index contributed by atoms with van der Waals surface area (Å²) in [5.74, 6) is 0. The molecule has 0 saturated carbocycles. The van der Waals surface area contributed by atoms with Gasteiger partial charge in [0.15, 0.2) is 0 Å². The minimum absolute atomic E-state index is 0.933. The highest BCUT2D eigenvalue weighted by Gasteiger charge is 2.21.